The highest BCUT2D eigenvalue weighted by Crippen LogP contribution is 2.41. The number of rotatable bonds is 3. The fourth-order valence-corrected chi connectivity index (χ4v) is 5.88. The molecule has 3 heterocycles. The number of fused-ring (bicyclic) bond motifs is 1. The van der Waals surface area contributed by atoms with E-state index >= 15 is 0 Å². The zero-order valence-electron chi connectivity index (χ0n) is 18.6. The Balaban J connectivity index is 1.81. The average molecular weight is 571 g/mol. The second-order valence-electron chi connectivity index (χ2n) is 9.35. The number of morpholine rings is 1. The summed E-state index contributed by atoms with van der Waals surface area (Å²) in [6.07, 6.45) is 0.416. The number of hydrogen-bond acceptors (Lipinski definition) is 5. The Morgan fingerprint density at radius 2 is 2.00 bits per heavy atom. The third-order valence-electron chi connectivity index (χ3n) is 5.70. The van der Waals surface area contributed by atoms with Crippen molar-refractivity contribution >= 4 is 56.4 Å². The number of hydrogen-bond donors (Lipinski definition) is 2. The molecule has 1 aromatic heterocycles. The minimum atomic E-state index is -0.405. The van der Waals surface area contributed by atoms with Crippen molar-refractivity contribution in [1.29, 1.82) is 0 Å². The zero-order valence-corrected chi connectivity index (χ0v) is 21.5. The summed E-state index contributed by atoms with van der Waals surface area (Å²) < 4.78 is 21.2. The second-order valence-corrected chi connectivity index (χ2v) is 11.6. The molecular weight excluding hydrogens is 544 g/mol. The number of carbonyl (C=O) groups is 2. The van der Waals surface area contributed by atoms with E-state index in [1.807, 2.05) is 13.8 Å². The fourth-order valence-electron chi connectivity index (χ4n) is 4.29. The molecule has 1 fully saturated rings. The van der Waals surface area contributed by atoms with Gasteiger partial charge in [-0.1, -0.05) is 13.8 Å². The number of thiophene rings is 1. The molecule has 2 amide bonds. The first-order valence-electron chi connectivity index (χ1n) is 10.6. The van der Waals surface area contributed by atoms with Crippen LogP contribution in [0.4, 0.5) is 15.1 Å². The molecule has 1 aromatic carbocycles. The number of ether oxygens (including phenoxy) is 1. The fraction of sp³-hybridized carbons (Fsp3) is 0.478. The van der Waals surface area contributed by atoms with Gasteiger partial charge in [-0.05, 0) is 72.0 Å². The molecule has 0 spiro atoms. The van der Waals surface area contributed by atoms with Crippen LogP contribution in [0.1, 0.15) is 53.3 Å². The van der Waals surface area contributed by atoms with Crippen LogP contribution in [0.2, 0.25) is 0 Å². The number of nitrogens with zero attached hydrogens (tertiary/aromatic N) is 1. The van der Waals surface area contributed by atoms with Crippen molar-refractivity contribution in [3.63, 3.8) is 0 Å². The van der Waals surface area contributed by atoms with Gasteiger partial charge in [-0.15, -0.1) is 11.3 Å². The standard InChI is InChI=1S/C23H27FIN3O3S/c1-12-9-28(10-13(2)31-12)22(30)18-15-8-23(3,4)11-26-20(29)19(15)32-21(18)27-17-6-5-14(25)7-16(17)24/h5-7,12-13,27H,8-11H2,1-4H3,(H,26,29). The van der Waals surface area contributed by atoms with Crippen LogP contribution in [0.5, 0.6) is 0 Å². The number of halogens is 2. The van der Waals surface area contributed by atoms with E-state index < -0.39 is 5.82 Å². The number of nitrogens with one attached hydrogen (secondary N) is 2. The highest BCUT2D eigenvalue weighted by Gasteiger charge is 2.37. The van der Waals surface area contributed by atoms with E-state index in [0.29, 0.717) is 41.5 Å². The van der Waals surface area contributed by atoms with Gasteiger partial charge in [0.05, 0.1) is 28.3 Å². The first kappa shape index (κ1) is 23.4. The molecule has 1 saturated heterocycles. The molecule has 172 valence electrons. The molecule has 2 unspecified atom stereocenters. The number of benzene rings is 1. The average Bonchev–Trinajstić information content (AvgIpc) is 2.98. The molecule has 9 heteroatoms. The highest BCUT2D eigenvalue weighted by molar-refractivity contribution is 14.1. The van der Waals surface area contributed by atoms with Crippen LogP contribution in [0.15, 0.2) is 18.2 Å². The molecule has 2 N–H and O–H groups in total. The zero-order chi connectivity index (χ0) is 23.2. The quantitative estimate of drug-likeness (QED) is 0.520. The monoisotopic (exact) mass is 571 g/mol. The van der Waals surface area contributed by atoms with E-state index in [9.17, 15) is 14.0 Å². The predicted molar refractivity (Wildman–Crippen MR) is 132 cm³/mol. The van der Waals surface area contributed by atoms with Gasteiger partial charge in [0.1, 0.15) is 10.8 Å². The van der Waals surface area contributed by atoms with Gasteiger partial charge < -0.3 is 20.3 Å². The number of anilines is 2. The largest absolute Gasteiger partial charge is 0.372 e. The van der Waals surface area contributed by atoms with Crippen LogP contribution in [-0.4, -0.2) is 48.6 Å². The van der Waals surface area contributed by atoms with E-state index in [1.165, 1.54) is 17.4 Å². The Kier molecular flexibility index (Phi) is 6.52. The van der Waals surface area contributed by atoms with Gasteiger partial charge >= 0.3 is 0 Å². The van der Waals surface area contributed by atoms with Crippen molar-refractivity contribution in [3.05, 3.63) is 43.6 Å². The first-order valence-corrected chi connectivity index (χ1v) is 12.5. The van der Waals surface area contributed by atoms with Crippen molar-refractivity contribution in [1.82, 2.24) is 10.2 Å². The Morgan fingerprint density at radius 3 is 2.66 bits per heavy atom. The summed E-state index contributed by atoms with van der Waals surface area (Å²) in [6, 6.07) is 4.89. The third-order valence-corrected chi connectivity index (χ3v) is 7.51. The third kappa shape index (κ3) is 4.79. The van der Waals surface area contributed by atoms with Crippen molar-refractivity contribution < 1.29 is 18.7 Å². The maximum Gasteiger partial charge on any atom is 0.261 e. The molecule has 0 radical (unpaired) electrons. The Morgan fingerprint density at radius 1 is 1.31 bits per heavy atom. The molecule has 0 bridgehead atoms. The van der Waals surface area contributed by atoms with Crippen LogP contribution >= 0.6 is 33.9 Å². The topological polar surface area (TPSA) is 70.7 Å². The summed E-state index contributed by atoms with van der Waals surface area (Å²) in [5, 5.41) is 6.59. The molecule has 2 atom stereocenters. The lowest BCUT2D eigenvalue weighted by Crippen LogP contribution is -2.48. The molecule has 2 aliphatic heterocycles. The van der Waals surface area contributed by atoms with Gasteiger partial charge in [-0.3, -0.25) is 9.59 Å². The Labute approximate surface area is 205 Å². The van der Waals surface area contributed by atoms with Crippen molar-refractivity contribution in [2.45, 2.75) is 46.3 Å². The molecular formula is C23H27FIN3O3S. The Bertz CT molecular complexity index is 1060. The molecule has 0 aliphatic carbocycles. The van der Waals surface area contributed by atoms with E-state index in [0.717, 1.165) is 9.13 Å². The van der Waals surface area contributed by atoms with Crippen LogP contribution in [-0.2, 0) is 11.2 Å². The smallest absolute Gasteiger partial charge is 0.261 e. The van der Waals surface area contributed by atoms with Crippen LogP contribution in [0.25, 0.3) is 0 Å². The van der Waals surface area contributed by atoms with Gasteiger partial charge in [-0.25, -0.2) is 4.39 Å². The lowest BCUT2D eigenvalue weighted by molar-refractivity contribution is -0.0586. The minimum Gasteiger partial charge on any atom is -0.372 e. The first-order chi connectivity index (χ1) is 15.0. The summed E-state index contributed by atoms with van der Waals surface area (Å²) in [6.45, 7) is 9.50. The van der Waals surface area contributed by atoms with E-state index in [2.05, 4.69) is 47.1 Å². The van der Waals surface area contributed by atoms with E-state index in [-0.39, 0.29) is 35.1 Å². The normalized spacial score (nSPS) is 22.7. The number of amides is 2. The lowest BCUT2D eigenvalue weighted by Gasteiger charge is -2.35. The van der Waals surface area contributed by atoms with Gasteiger partial charge in [0, 0.05) is 23.2 Å². The summed E-state index contributed by atoms with van der Waals surface area (Å²) in [4.78, 5) is 29.0. The lowest BCUT2D eigenvalue weighted by atomic mass is 9.85. The predicted octanol–water partition coefficient (Wildman–Crippen LogP) is 4.80. The highest BCUT2D eigenvalue weighted by atomic mass is 127. The Hall–Kier alpha value is -1.72. The molecule has 32 heavy (non-hydrogen) atoms. The maximum atomic E-state index is 14.6. The molecule has 0 saturated carbocycles. The van der Waals surface area contributed by atoms with Crippen LogP contribution < -0.4 is 10.6 Å². The molecule has 2 aromatic rings. The minimum absolute atomic E-state index is 0.0790. The van der Waals surface area contributed by atoms with Crippen LogP contribution in [0, 0.1) is 14.8 Å². The molecule has 2 aliphatic rings. The summed E-state index contributed by atoms with van der Waals surface area (Å²) in [7, 11) is 0. The SMILES string of the molecule is CC1CN(C(=O)c2c(Nc3ccc(I)cc3F)sc3c2CC(C)(C)CNC3=O)CC(C)O1. The molecule has 6 nitrogen and oxygen atoms in total. The summed E-state index contributed by atoms with van der Waals surface area (Å²) in [5.41, 5.74) is 1.27. The van der Waals surface area contributed by atoms with Gasteiger partial charge in [0.15, 0.2) is 0 Å². The maximum absolute atomic E-state index is 14.6. The van der Waals surface area contributed by atoms with Gasteiger partial charge in [0.2, 0.25) is 0 Å². The van der Waals surface area contributed by atoms with Crippen molar-refractivity contribution in [2.75, 3.05) is 25.0 Å². The number of carbonyl (C=O) groups excluding carboxylic acids is 2. The summed E-state index contributed by atoms with van der Waals surface area (Å²) in [5.74, 6) is -0.745. The van der Waals surface area contributed by atoms with E-state index in [1.54, 1.807) is 17.0 Å². The summed E-state index contributed by atoms with van der Waals surface area (Å²) >= 11 is 3.27. The second kappa shape index (κ2) is 8.90. The van der Waals surface area contributed by atoms with Crippen LogP contribution in [0.3, 0.4) is 0 Å². The van der Waals surface area contributed by atoms with Gasteiger partial charge in [-0.2, -0.15) is 0 Å². The van der Waals surface area contributed by atoms with Crippen molar-refractivity contribution in [2.24, 2.45) is 5.41 Å². The van der Waals surface area contributed by atoms with Gasteiger partial charge in [0.25, 0.3) is 11.8 Å². The van der Waals surface area contributed by atoms with E-state index in [4.69, 9.17) is 4.74 Å². The molecule has 4 rings (SSSR count). The van der Waals surface area contributed by atoms with Crippen molar-refractivity contribution in [3.8, 4) is 0 Å².